The molecule has 0 aliphatic carbocycles. The summed E-state index contributed by atoms with van der Waals surface area (Å²) < 4.78 is 18.1. The molecule has 0 atom stereocenters. The van der Waals surface area contributed by atoms with E-state index in [1.54, 1.807) is 25.3 Å². The number of guanidine groups is 1. The number of nitrogens with one attached hydrogen (secondary N) is 1. The lowest BCUT2D eigenvalue weighted by Crippen LogP contribution is -2.38. The highest BCUT2D eigenvalue weighted by atomic mass is 127. The van der Waals surface area contributed by atoms with Gasteiger partial charge in [-0.2, -0.15) is 0 Å². The molecule has 0 fully saturated rings. The Hall–Kier alpha value is -2.03. The number of phenolic OH excluding ortho intramolecular Hbond substituents is 1. The van der Waals surface area contributed by atoms with E-state index in [0.29, 0.717) is 25.3 Å². The van der Waals surface area contributed by atoms with Crippen LogP contribution in [0.2, 0.25) is 0 Å². The lowest BCUT2D eigenvalue weighted by Gasteiger charge is -2.22. The van der Waals surface area contributed by atoms with Crippen LogP contribution < -0.4 is 10.1 Å². The van der Waals surface area contributed by atoms with Gasteiger partial charge in [-0.15, -0.1) is 24.0 Å². The van der Waals surface area contributed by atoms with E-state index in [9.17, 15) is 9.50 Å². The molecule has 148 valence electrons. The fourth-order valence-electron chi connectivity index (χ4n) is 2.57. The van der Waals surface area contributed by atoms with Crippen molar-refractivity contribution < 1.29 is 14.2 Å². The molecule has 2 N–H and O–H groups in total. The van der Waals surface area contributed by atoms with Crippen LogP contribution >= 0.6 is 24.0 Å². The summed E-state index contributed by atoms with van der Waals surface area (Å²) in [6.07, 6.45) is 0.620. The number of benzene rings is 2. The van der Waals surface area contributed by atoms with E-state index in [1.807, 2.05) is 31.0 Å². The summed E-state index contributed by atoms with van der Waals surface area (Å²) in [5, 5.41) is 13.3. The zero-order valence-electron chi connectivity index (χ0n) is 15.9. The smallest absolute Gasteiger partial charge is 0.193 e. The zero-order valence-corrected chi connectivity index (χ0v) is 18.2. The molecule has 7 heteroatoms. The Balaban J connectivity index is 0.00000364. The van der Waals surface area contributed by atoms with Gasteiger partial charge in [-0.1, -0.05) is 18.2 Å². The molecule has 0 saturated heterocycles. The fourth-order valence-corrected chi connectivity index (χ4v) is 2.57. The van der Waals surface area contributed by atoms with Crippen LogP contribution in [0.4, 0.5) is 4.39 Å². The molecule has 2 rings (SSSR count). The first kappa shape index (κ1) is 23.0. The SMILES string of the molecule is CCNC(=NCCc1ccc(OC)cc1O)N(C)Cc1ccc(F)cc1.I. The van der Waals surface area contributed by atoms with Crippen molar-refractivity contribution in [3.8, 4) is 11.5 Å². The second-order valence-electron chi connectivity index (χ2n) is 5.96. The highest BCUT2D eigenvalue weighted by Gasteiger charge is 2.08. The topological polar surface area (TPSA) is 57.1 Å². The Bertz CT molecular complexity index is 739. The van der Waals surface area contributed by atoms with Crippen molar-refractivity contribution in [1.29, 1.82) is 0 Å². The van der Waals surface area contributed by atoms with Gasteiger partial charge in [0.1, 0.15) is 17.3 Å². The van der Waals surface area contributed by atoms with E-state index >= 15 is 0 Å². The minimum atomic E-state index is -0.240. The Morgan fingerprint density at radius 1 is 1.22 bits per heavy atom. The third-order valence-corrected chi connectivity index (χ3v) is 3.96. The molecule has 5 nitrogen and oxygen atoms in total. The molecule has 0 amide bonds. The second kappa shape index (κ2) is 11.6. The van der Waals surface area contributed by atoms with Gasteiger partial charge in [0, 0.05) is 32.7 Å². The number of ether oxygens (including phenoxy) is 1. The molecule has 27 heavy (non-hydrogen) atoms. The second-order valence-corrected chi connectivity index (χ2v) is 5.96. The predicted molar refractivity (Wildman–Crippen MR) is 118 cm³/mol. The number of phenols is 1. The van der Waals surface area contributed by atoms with Crippen LogP contribution in [-0.4, -0.2) is 43.2 Å². The van der Waals surface area contributed by atoms with Crippen molar-refractivity contribution in [2.24, 2.45) is 4.99 Å². The summed E-state index contributed by atoms with van der Waals surface area (Å²) in [5.41, 5.74) is 1.83. The molecule has 0 unspecified atom stereocenters. The molecular weight excluding hydrogens is 460 g/mol. The Morgan fingerprint density at radius 3 is 2.52 bits per heavy atom. The number of halogens is 2. The van der Waals surface area contributed by atoms with Gasteiger partial charge in [-0.3, -0.25) is 4.99 Å². The van der Waals surface area contributed by atoms with Crippen LogP contribution in [-0.2, 0) is 13.0 Å². The molecule has 0 radical (unpaired) electrons. The van der Waals surface area contributed by atoms with Gasteiger partial charge in [0.05, 0.1) is 7.11 Å². The Kier molecular flexibility index (Phi) is 9.92. The predicted octanol–water partition coefficient (Wildman–Crippen LogP) is 3.80. The maximum atomic E-state index is 13.0. The lowest BCUT2D eigenvalue weighted by molar-refractivity contribution is 0.406. The van der Waals surface area contributed by atoms with E-state index in [0.717, 1.165) is 23.6 Å². The summed E-state index contributed by atoms with van der Waals surface area (Å²) >= 11 is 0. The van der Waals surface area contributed by atoms with Crippen LogP contribution in [0.15, 0.2) is 47.5 Å². The Morgan fingerprint density at radius 2 is 1.93 bits per heavy atom. The number of methoxy groups -OCH3 is 1. The van der Waals surface area contributed by atoms with Gasteiger partial charge in [-0.25, -0.2) is 4.39 Å². The molecule has 0 saturated carbocycles. The van der Waals surface area contributed by atoms with E-state index in [-0.39, 0.29) is 35.5 Å². The number of hydrogen-bond acceptors (Lipinski definition) is 3. The fraction of sp³-hybridized carbons (Fsp3) is 0.350. The molecule has 0 bridgehead atoms. The average molecular weight is 487 g/mol. The van der Waals surface area contributed by atoms with Gasteiger partial charge in [0.2, 0.25) is 0 Å². The van der Waals surface area contributed by atoms with Crippen LogP contribution in [0.3, 0.4) is 0 Å². The van der Waals surface area contributed by atoms with Crippen molar-refractivity contribution in [2.75, 3.05) is 27.2 Å². The largest absolute Gasteiger partial charge is 0.508 e. The van der Waals surface area contributed by atoms with Crippen molar-refractivity contribution in [1.82, 2.24) is 10.2 Å². The van der Waals surface area contributed by atoms with E-state index in [4.69, 9.17) is 4.74 Å². The van der Waals surface area contributed by atoms with Gasteiger partial charge in [0.25, 0.3) is 0 Å². The van der Waals surface area contributed by atoms with E-state index < -0.39 is 0 Å². The van der Waals surface area contributed by atoms with Crippen molar-refractivity contribution in [3.05, 3.63) is 59.4 Å². The van der Waals surface area contributed by atoms with Crippen molar-refractivity contribution >= 4 is 29.9 Å². The van der Waals surface area contributed by atoms with Crippen LogP contribution in [0, 0.1) is 5.82 Å². The summed E-state index contributed by atoms with van der Waals surface area (Å²) in [4.78, 5) is 6.61. The first-order valence-electron chi connectivity index (χ1n) is 8.63. The summed E-state index contributed by atoms with van der Waals surface area (Å²) in [5.74, 6) is 1.37. The lowest BCUT2D eigenvalue weighted by atomic mass is 10.1. The average Bonchev–Trinajstić information content (AvgIpc) is 2.64. The zero-order chi connectivity index (χ0) is 18.9. The first-order chi connectivity index (χ1) is 12.5. The molecule has 0 spiro atoms. The molecule has 0 aliphatic rings. The van der Waals surface area contributed by atoms with Gasteiger partial charge >= 0.3 is 0 Å². The molecule has 0 aliphatic heterocycles. The molecule has 0 heterocycles. The normalized spacial score (nSPS) is 10.9. The first-order valence-corrected chi connectivity index (χ1v) is 8.63. The van der Waals surface area contributed by atoms with Crippen molar-refractivity contribution in [3.63, 3.8) is 0 Å². The third-order valence-electron chi connectivity index (χ3n) is 3.96. The number of rotatable bonds is 7. The molecular formula is C20H27FIN3O2. The quantitative estimate of drug-likeness (QED) is 0.355. The van der Waals surface area contributed by atoms with E-state index in [2.05, 4.69) is 10.3 Å². The van der Waals surface area contributed by atoms with Crippen LogP contribution in [0.5, 0.6) is 11.5 Å². The summed E-state index contributed by atoms with van der Waals surface area (Å²) in [6, 6.07) is 11.7. The van der Waals surface area contributed by atoms with Gasteiger partial charge in [0.15, 0.2) is 5.96 Å². The van der Waals surface area contributed by atoms with Gasteiger partial charge in [-0.05, 0) is 42.7 Å². The molecule has 2 aromatic carbocycles. The minimum Gasteiger partial charge on any atom is -0.508 e. The summed E-state index contributed by atoms with van der Waals surface area (Å²) in [7, 11) is 3.51. The monoisotopic (exact) mass is 487 g/mol. The maximum Gasteiger partial charge on any atom is 0.193 e. The maximum absolute atomic E-state index is 13.0. The Labute approximate surface area is 177 Å². The van der Waals surface area contributed by atoms with Crippen molar-refractivity contribution in [2.45, 2.75) is 19.9 Å². The number of nitrogens with zero attached hydrogens (tertiary/aromatic N) is 2. The van der Waals surface area contributed by atoms with E-state index in [1.165, 1.54) is 12.1 Å². The molecule has 2 aromatic rings. The number of aromatic hydroxyl groups is 1. The van der Waals surface area contributed by atoms with Crippen LogP contribution in [0.1, 0.15) is 18.1 Å². The molecule has 0 aromatic heterocycles. The number of aliphatic imine (C=N–C) groups is 1. The highest BCUT2D eigenvalue weighted by Crippen LogP contribution is 2.23. The third kappa shape index (κ3) is 7.24. The summed E-state index contributed by atoms with van der Waals surface area (Å²) in [6.45, 7) is 3.92. The standard InChI is InChI=1S/C20H26FN3O2.HI/c1-4-22-20(24(2)14-15-5-8-17(21)9-6-15)23-12-11-16-7-10-18(26-3)13-19(16)25;/h5-10,13,25H,4,11-12,14H2,1-3H3,(H,22,23);1H. The highest BCUT2D eigenvalue weighted by molar-refractivity contribution is 14.0. The van der Waals surface area contributed by atoms with Gasteiger partial charge < -0.3 is 20.1 Å². The van der Waals surface area contributed by atoms with Crippen LogP contribution in [0.25, 0.3) is 0 Å². The minimum absolute atomic E-state index is 0. The number of hydrogen-bond donors (Lipinski definition) is 2.